The Morgan fingerprint density at radius 3 is 2.74 bits per heavy atom. The van der Waals surface area contributed by atoms with Crippen molar-refractivity contribution in [1.29, 1.82) is 0 Å². The molecule has 0 radical (unpaired) electrons. The van der Waals surface area contributed by atoms with E-state index in [-0.39, 0.29) is 13.2 Å². The zero-order valence-corrected chi connectivity index (χ0v) is 11.6. The number of aliphatic hydroxyl groups excluding tert-OH is 1. The van der Waals surface area contributed by atoms with Gasteiger partial charge in [-0.3, -0.25) is 0 Å². The minimum Gasteiger partial charge on any atom is -0.490 e. The van der Waals surface area contributed by atoms with Gasteiger partial charge in [-0.1, -0.05) is 12.1 Å². The van der Waals surface area contributed by atoms with Gasteiger partial charge in [-0.2, -0.15) is 0 Å². The molecule has 0 heterocycles. The summed E-state index contributed by atoms with van der Waals surface area (Å²) in [6.45, 7) is 4.86. The lowest BCUT2D eigenvalue weighted by Gasteiger charge is -2.15. The fraction of sp³-hybridized carbons (Fsp3) is 0.571. The first kappa shape index (κ1) is 15.8. The van der Waals surface area contributed by atoms with Gasteiger partial charge in [-0.05, 0) is 13.0 Å². The van der Waals surface area contributed by atoms with Gasteiger partial charge in [0.15, 0.2) is 11.5 Å². The SMILES string of the molecule is CCOc1cccc(CNCCOC)c1OCCO. The van der Waals surface area contributed by atoms with Crippen LogP contribution in [-0.4, -0.2) is 45.2 Å². The van der Waals surface area contributed by atoms with E-state index in [1.807, 2.05) is 25.1 Å². The number of hydrogen-bond donors (Lipinski definition) is 2. The third-order valence-corrected chi connectivity index (χ3v) is 2.50. The van der Waals surface area contributed by atoms with Gasteiger partial charge >= 0.3 is 0 Å². The molecule has 1 aromatic carbocycles. The Hall–Kier alpha value is -1.30. The fourth-order valence-electron chi connectivity index (χ4n) is 1.68. The predicted octanol–water partition coefficient (Wildman–Crippen LogP) is 1.19. The minimum atomic E-state index is -0.0169. The third kappa shape index (κ3) is 5.46. The molecule has 0 bridgehead atoms. The summed E-state index contributed by atoms with van der Waals surface area (Å²) in [5.74, 6) is 1.41. The van der Waals surface area contributed by atoms with Gasteiger partial charge in [0, 0.05) is 25.8 Å². The van der Waals surface area contributed by atoms with Crippen LogP contribution in [0.2, 0.25) is 0 Å². The maximum atomic E-state index is 8.89. The summed E-state index contributed by atoms with van der Waals surface area (Å²) in [5, 5.41) is 12.2. The van der Waals surface area contributed by atoms with Gasteiger partial charge in [0.05, 0.1) is 19.8 Å². The van der Waals surface area contributed by atoms with Crippen LogP contribution in [0.5, 0.6) is 11.5 Å². The number of ether oxygens (including phenoxy) is 3. The minimum absolute atomic E-state index is 0.0169. The Bertz CT molecular complexity index is 357. The quantitative estimate of drug-likeness (QED) is 0.625. The molecule has 0 fully saturated rings. The van der Waals surface area contributed by atoms with Crippen LogP contribution in [0.1, 0.15) is 12.5 Å². The van der Waals surface area contributed by atoms with Crippen molar-refractivity contribution >= 4 is 0 Å². The van der Waals surface area contributed by atoms with Crippen molar-refractivity contribution in [3.8, 4) is 11.5 Å². The van der Waals surface area contributed by atoms with Crippen LogP contribution in [0, 0.1) is 0 Å². The summed E-state index contributed by atoms with van der Waals surface area (Å²) in [5.41, 5.74) is 1.01. The van der Waals surface area contributed by atoms with Gasteiger partial charge in [0.25, 0.3) is 0 Å². The molecule has 19 heavy (non-hydrogen) atoms. The van der Waals surface area contributed by atoms with E-state index in [1.54, 1.807) is 7.11 Å². The number of methoxy groups -OCH3 is 1. The van der Waals surface area contributed by atoms with E-state index in [2.05, 4.69) is 5.32 Å². The van der Waals surface area contributed by atoms with E-state index in [4.69, 9.17) is 19.3 Å². The fourth-order valence-corrected chi connectivity index (χ4v) is 1.68. The maximum Gasteiger partial charge on any atom is 0.165 e. The highest BCUT2D eigenvalue weighted by Crippen LogP contribution is 2.31. The van der Waals surface area contributed by atoms with E-state index >= 15 is 0 Å². The summed E-state index contributed by atoms with van der Waals surface area (Å²) in [6, 6.07) is 5.79. The van der Waals surface area contributed by atoms with Crippen LogP contribution in [0.15, 0.2) is 18.2 Å². The number of rotatable bonds is 10. The Morgan fingerprint density at radius 1 is 1.21 bits per heavy atom. The van der Waals surface area contributed by atoms with Gasteiger partial charge in [-0.15, -0.1) is 0 Å². The molecule has 108 valence electrons. The van der Waals surface area contributed by atoms with Crippen LogP contribution in [0.4, 0.5) is 0 Å². The molecule has 0 spiro atoms. The highest BCUT2D eigenvalue weighted by atomic mass is 16.5. The second-order valence-electron chi connectivity index (χ2n) is 3.92. The molecule has 0 aromatic heterocycles. The van der Waals surface area contributed by atoms with Gasteiger partial charge < -0.3 is 24.6 Å². The normalized spacial score (nSPS) is 10.5. The zero-order chi connectivity index (χ0) is 13.9. The Morgan fingerprint density at radius 2 is 2.05 bits per heavy atom. The van der Waals surface area contributed by atoms with Crippen molar-refractivity contribution in [2.75, 3.05) is 40.1 Å². The molecular weight excluding hydrogens is 246 g/mol. The topological polar surface area (TPSA) is 60.0 Å². The molecular formula is C14H23NO4. The number of aliphatic hydroxyl groups is 1. The molecule has 0 saturated carbocycles. The molecule has 0 aliphatic rings. The van der Waals surface area contributed by atoms with Crippen molar-refractivity contribution in [2.24, 2.45) is 0 Å². The predicted molar refractivity (Wildman–Crippen MR) is 73.8 cm³/mol. The number of benzene rings is 1. The zero-order valence-electron chi connectivity index (χ0n) is 11.6. The van der Waals surface area contributed by atoms with Crippen LogP contribution < -0.4 is 14.8 Å². The first-order valence-corrected chi connectivity index (χ1v) is 6.51. The standard InChI is InChI=1S/C14H23NO4/c1-3-18-13-6-4-5-12(11-15-7-9-17-2)14(13)19-10-8-16/h4-6,15-16H,3,7-11H2,1-2H3. The highest BCUT2D eigenvalue weighted by Gasteiger charge is 2.10. The summed E-state index contributed by atoms with van der Waals surface area (Å²) in [6.07, 6.45) is 0. The number of hydrogen-bond acceptors (Lipinski definition) is 5. The summed E-state index contributed by atoms with van der Waals surface area (Å²) in [7, 11) is 1.67. The molecule has 0 aliphatic carbocycles. The van der Waals surface area contributed by atoms with Crippen molar-refractivity contribution in [2.45, 2.75) is 13.5 Å². The summed E-state index contributed by atoms with van der Waals surface area (Å²) >= 11 is 0. The van der Waals surface area contributed by atoms with Gasteiger partial charge in [0.1, 0.15) is 6.61 Å². The maximum absolute atomic E-state index is 8.89. The molecule has 1 aromatic rings. The summed E-state index contributed by atoms with van der Waals surface area (Å²) < 4.78 is 16.1. The molecule has 5 nitrogen and oxygen atoms in total. The molecule has 0 unspecified atom stereocenters. The van der Waals surface area contributed by atoms with Crippen LogP contribution in [0.3, 0.4) is 0 Å². The van der Waals surface area contributed by atoms with Crippen molar-refractivity contribution in [3.63, 3.8) is 0 Å². The second-order valence-corrected chi connectivity index (χ2v) is 3.92. The van der Waals surface area contributed by atoms with E-state index in [0.717, 1.165) is 12.1 Å². The second kappa shape index (κ2) is 9.61. The number of para-hydroxylation sites is 1. The lowest BCUT2D eigenvalue weighted by molar-refractivity contribution is 0.191. The van der Waals surface area contributed by atoms with Crippen molar-refractivity contribution in [3.05, 3.63) is 23.8 Å². The van der Waals surface area contributed by atoms with E-state index in [9.17, 15) is 0 Å². The van der Waals surface area contributed by atoms with E-state index in [1.165, 1.54) is 0 Å². The molecule has 0 atom stereocenters. The first-order chi connectivity index (χ1) is 9.33. The van der Waals surface area contributed by atoms with Crippen molar-refractivity contribution in [1.82, 2.24) is 5.32 Å². The molecule has 0 saturated heterocycles. The molecule has 5 heteroatoms. The molecule has 2 N–H and O–H groups in total. The summed E-state index contributed by atoms with van der Waals surface area (Å²) in [4.78, 5) is 0. The largest absolute Gasteiger partial charge is 0.490 e. The monoisotopic (exact) mass is 269 g/mol. The Balaban J connectivity index is 2.72. The van der Waals surface area contributed by atoms with Crippen LogP contribution in [0.25, 0.3) is 0 Å². The van der Waals surface area contributed by atoms with Crippen molar-refractivity contribution < 1.29 is 19.3 Å². The lowest BCUT2D eigenvalue weighted by atomic mass is 10.2. The lowest BCUT2D eigenvalue weighted by Crippen LogP contribution is -2.19. The Kier molecular flexibility index (Phi) is 7.97. The smallest absolute Gasteiger partial charge is 0.165 e. The van der Waals surface area contributed by atoms with Crippen LogP contribution in [-0.2, 0) is 11.3 Å². The van der Waals surface area contributed by atoms with E-state index < -0.39 is 0 Å². The molecule has 0 amide bonds. The average molecular weight is 269 g/mol. The van der Waals surface area contributed by atoms with E-state index in [0.29, 0.717) is 31.3 Å². The van der Waals surface area contributed by atoms with Crippen LogP contribution >= 0.6 is 0 Å². The first-order valence-electron chi connectivity index (χ1n) is 6.51. The highest BCUT2D eigenvalue weighted by molar-refractivity contribution is 5.46. The third-order valence-electron chi connectivity index (χ3n) is 2.50. The molecule has 1 rings (SSSR count). The van der Waals surface area contributed by atoms with Gasteiger partial charge in [-0.25, -0.2) is 0 Å². The number of nitrogens with one attached hydrogen (secondary N) is 1. The average Bonchev–Trinajstić information content (AvgIpc) is 2.43. The molecule has 0 aliphatic heterocycles. The van der Waals surface area contributed by atoms with Gasteiger partial charge in [0.2, 0.25) is 0 Å². The Labute approximate surface area is 114 Å².